The van der Waals surface area contributed by atoms with Crippen LogP contribution in [0.5, 0.6) is 0 Å². The molecule has 1 aliphatic carbocycles. The van der Waals surface area contributed by atoms with Crippen LogP contribution in [0.3, 0.4) is 0 Å². The maximum atomic E-state index is 4.89. The fourth-order valence-electron chi connectivity index (χ4n) is 3.13. The van der Waals surface area contributed by atoms with Gasteiger partial charge in [-0.05, 0) is 54.8 Å². The average molecular weight is 291 g/mol. The Bertz CT molecular complexity index is 812. The molecule has 0 radical (unpaired) electrons. The van der Waals surface area contributed by atoms with E-state index in [2.05, 4.69) is 68.4 Å². The molecule has 0 N–H and O–H groups in total. The predicted molar refractivity (Wildman–Crippen MR) is 93.4 cm³/mol. The molecule has 2 nitrogen and oxygen atoms in total. The smallest absolute Gasteiger partial charge is 0.106 e. The summed E-state index contributed by atoms with van der Waals surface area (Å²) in [5.41, 5.74) is 6.58. The summed E-state index contributed by atoms with van der Waals surface area (Å²) in [6, 6.07) is 12.9. The predicted octanol–water partition coefficient (Wildman–Crippen LogP) is 5.20. The average Bonchev–Trinajstić information content (AvgIpc) is 2.79. The number of hydrogen-bond donors (Lipinski definition) is 0. The lowest BCUT2D eigenvalue weighted by atomic mass is 9.88. The summed E-state index contributed by atoms with van der Waals surface area (Å²) in [6.07, 6.45) is 4.16. The van der Waals surface area contributed by atoms with Crippen molar-refractivity contribution in [1.29, 1.82) is 0 Å². The molecule has 1 unspecified atom stereocenters. The van der Waals surface area contributed by atoms with E-state index in [4.69, 9.17) is 4.84 Å². The molecule has 0 bridgehead atoms. The molecule has 1 atom stereocenters. The van der Waals surface area contributed by atoms with Crippen molar-refractivity contribution in [3.05, 3.63) is 70.3 Å². The van der Waals surface area contributed by atoms with Crippen LogP contribution in [-0.2, 0) is 4.84 Å². The minimum Gasteiger partial charge on any atom is -0.399 e. The summed E-state index contributed by atoms with van der Waals surface area (Å²) in [5, 5.41) is 6.46. The highest BCUT2D eigenvalue weighted by atomic mass is 16.6. The number of rotatable bonds is 3. The first-order valence-electron chi connectivity index (χ1n) is 7.57. The summed E-state index contributed by atoms with van der Waals surface area (Å²) >= 11 is 0. The molecule has 22 heavy (non-hydrogen) atoms. The first-order chi connectivity index (χ1) is 10.6. The lowest BCUT2D eigenvalue weighted by molar-refractivity contribution is 0.215. The zero-order chi connectivity index (χ0) is 15.7. The van der Waals surface area contributed by atoms with Crippen LogP contribution in [0, 0.1) is 0 Å². The molecule has 0 spiro atoms. The second-order valence-electron chi connectivity index (χ2n) is 5.88. The van der Waals surface area contributed by atoms with Gasteiger partial charge in [-0.1, -0.05) is 46.6 Å². The van der Waals surface area contributed by atoms with Crippen molar-refractivity contribution in [1.82, 2.24) is 0 Å². The van der Waals surface area contributed by atoms with E-state index < -0.39 is 0 Å². The normalized spacial score (nSPS) is 18.4. The third-order valence-electron chi connectivity index (χ3n) is 4.65. The summed E-state index contributed by atoms with van der Waals surface area (Å²) in [6.45, 7) is 6.60. The molecule has 0 saturated carbocycles. The Kier molecular flexibility index (Phi) is 3.84. The van der Waals surface area contributed by atoms with Crippen molar-refractivity contribution in [2.45, 2.75) is 26.7 Å². The summed E-state index contributed by atoms with van der Waals surface area (Å²) in [7, 11) is 1.58. The van der Waals surface area contributed by atoms with Crippen LogP contribution in [0.25, 0.3) is 10.8 Å². The minimum atomic E-state index is 0.322. The lowest BCUT2D eigenvalue weighted by Gasteiger charge is -2.16. The summed E-state index contributed by atoms with van der Waals surface area (Å²) in [4.78, 5) is 4.89. The van der Waals surface area contributed by atoms with Gasteiger partial charge in [0.25, 0.3) is 0 Å². The Morgan fingerprint density at radius 1 is 1.05 bits per heavy atom. The van der Waals surface area contributed by atoms with E-state index in [1.807, 2.05) is 6.21 Å². The van der Waals surface area contributed by atoms with Gasteiger partial charge >= 0.3 is 0 Å². The van der Waals surface area contributed by atoms with Gasteiger partial charge in [-0.25, -0.2) is 0 Å². The van der Waals surface area contributed by atoms with Gasteiger partial charge in [0.15, 0.2) is 0 Å². The number of hydrogen-bond acceptors (Lipinski definition) is 2. The number of nitrogens with zero attached hydrogens (tertiary/aromatic N) is 1. The van der Waals surface area contributed by atoms with E-state index in [9.17, 15) is 0 Å². The van der Waals surface area contributed by atoms with Gasteiger partial charge in [0, 0.05) is 11.5 Å². The molecule has 0 amide bonds. The highest BCUT2D eigenvalue weighted by molar-refractivity contribution is 5.93. The van der Waals surface area contributed by atoms with Crippen molar-refractivity contribution in [2.75, 3.05) is 7.11 Å². The molecular formula is C20H21NO. The largest absolute Gasteiger partial charge is 0.399 e. The van der Waals surface area contributed by atoms with E-state index in [0.717, 1.165) is 5.56 Å². The standard InChI is InChI=1S/C20H21NO/c1-13-9-19(15(3)14(13)2)20-11-17-8-6-5-7-16(17)10-18(20)12-21-22-4/h5-12,19H,1-4H3. The number of allylic oxidation sites excluding steroid dienone is 4. The van der Waals surface area contributed by atoms with Gasteiger partial charge in [-0.3, -0.25) is 0 Å². The molecule has 0 fully saturated rings. The molecule has 2 aromatic carbocycles. The highest BCUT2D eigenvalue weighted by Gasteiger charge is 2.22. The Morgan fingerprint density at radius 3 is 2.32 bits per heavy atom. The molecule has 1 aliphatic rings. The first kappa shape index (κ1) is 14.6. The third kappa shape index (κ3) is 2.45. The van der Waals surface area contributed by atoms with Crippen LogP contribution in [0.2, 0.25) is 0 Å². The fourth-order valence-corrected chi connectivity index (χ4v) is 3.13. The Balaban J connectivity index is 2.21. The van der Waals surface area contributed by atoms with Crippen molar-refractivity contribution in [3.63, 3.8) is 0 Å². The first-order valence-corrected chi connectivity index (χ1v) is 7.57. The van der Waals surface area contributed by atoms with Crippen molar-refractivity contribution < 1.29 is 4.84 Å². The van der Waals surface area contributed by atoms with Gasteiger partial charge in [-0.2, -0.15) is 0 Å². The molecular weight excluding hydrogens is 270 g/mol. The van der Waals surface area contributed by atoms with Crippen LogP contribution in [0.15, 0.2) is 64.3 Å². The Labute approximate surface area is 131 Å². The monoisotopic (exact) mass is 291 g/mol. The Morgan fingerprint density at radius 2 is 1.73 bits per heavy atom. The molecule has 112 valence electrons. The molecule has 0 aromatic heterocycles. The number of benzene rings is 2. The van der Waals surface area contributed by atoms with Crippen LogP contribution in [0.1, 0.15) is 37.8 Å². The topological polar surface area (TPSA) is 21.6 Å². The van der Waals surface area contributed by atoms with Gasteiger partial charge in [0.2, 0.25) is 0 Å². The molecule has 0 saturated heterocycles. The maximum Gasteiger partial charge on any atom is 0.106 e. The molecule has 2 heteroatoms. The Hall–Kier alpha value is -2.35. The van der Waals surface area contributed by atoms with Gasteiger partial charge in [-0.15, -0.1) is 0 Å². The van der Waals surface area contributed by atoms with Crippen LogP contribution < -0.4 is 0 Å². The zero-order valence-corrected chi connectivity index (χ0v) is 13.6. The van der Waals surface area contributed by atoms with Crippen molar-refractivity contribution >= 4 is 17.0 Å². The number of oxime groups is 1. The molecule has 0 aliphatic heterocycles. The SMILES string of the molecule is CON=Cc1cc2ccccc2cc1C1C=C(C)C(C)=C1C. The highest BCUT2D eigenvalue weighted by Crippen LogP contribution is 2.39. The fraction of sp³-hybridized carbons (Fsp3) is 0.250. The minimum absolute atomic E-state index is 0.322. The van der Waals surface area contributed by atoms with Crippen LogP contribution in [0.4, 0.5) is 0 Å². The maximum absolute atomic E-state index is 4.89. The van der Waals surface area contributed by atoms with Gasteiger partial charge in [0.1, 0.15) is 7.11 Å². The van der Waals surface area contributed by atoms with E-state index in [1.54, 1.807) is 7.11 Å². The van der Waals surface area contributed by atoms with Crippen molar-refractivity contribution in [3.8, 4) is 0 Å². The van der Waals surface area contributed by atoms with Crippen LogP contribution in [-0.4, -0.2) is 13.3 Å². The van der Waals surface area contributed by atoms with Crippen LogP contribution >= 0.6 is 0 Å². The van der Waals surface area contributed by atoms with E-state index in [1.165, 1.54) is 33.1 Å². The zero-order valence-electron chi connectivity index (χ0n) is 13.6. The second kappa shape index (κ2) is 5.80. The van der Waals surface area contributed by atoms with Gasteiger partial charge < -0.3 is 4.84 Å². The molecule has 3 rings (SSSR count). The summed E-state index contributed by atoms with van der Waals surface area (Å²) in [5.74, 6) is 0.322. The second-order valence-corrected chi connectivity index (χ2v) is 5.88. The van der Waals surface area contributed by atoms with E-state index in [0.29, 0.717) is 5.92 Å². The van der Waals surface area contributed by atoms with Gasteiger partial charge in [0.05, 0.1) is 6.21 Å². The van der Waals surface area contributed by atoms with E-state index >= 15 is 0 Å². The summed E-state index contributed by atoms with van der Waals surface area (Å²) < 4.78 is 0. The third-order valence-corrected chi connectivity index (χ3v) is 4.65. The number of fused-ring (bicyclic) bond motifs is 1. The van der Waals surface area contributed by atoms with E-state index in [-0.39, 0.29) is 0 Å². The molecule has 0 heterocycles. The van der Waals surface area contributed by atoms with Crippen molar-refractivity contribution in [2.24, 2.45) is 5.16 Å². The lowest BCUT2D eigenvalue weighted by Crippen LogP contribution is -2.01. The molecule has 2 aromatic rings. The quantitative estimate of drug-likeness (QED) is 0.562.